The van der Waals surface area contributed by atoms with Gasteiger partial charge in [-0.1, -0.05) is 158 Å². The van der Waals surface area contributed by atoms with Crippen LogP contribution in [0.5, 0.6) is 0 Å². The maximum atomic E-state index is 2.51. The van der Waals surface area contributed by atoms with Gasteiger partial charge in [0.1, 0.15) is 0 Å². The van der Waals surface area contributed by atoms with Crippen molar-refractivity contribution < 1.29 is 0 Å². The van der Waals surface area contributed by atoms with Crippen molar-refractivity contribution in [3.05, 3.63) is 213 Å². The van der Waals surface area contributed by atoms with Gasteiger partial charge in [0.2, 0.25) is 0 Å². The van der Waals surface area contributed by atoms with Crippen molar-refractivity contribution in [2.45, 2.75) is 37.5 Å². The second-order valence-corrected chi connectivity index (χ2v) is 11.6. The fourth-order valence-electron chi connectivity index (χ4n) is 6.84. The van der Waals surface area contributed by atoms with Gasteiger partial charge < -0.3 is 0 Å². The van der Waals surface area contributed by atoms with Crippen molar-refractivity contribution in [1.29, 1.82) is 0 Å². The van der Waals surface area contributed by atoms with Crippen molar-refractivity contribution in [2.75, 3.05) is 0 Å². The first-order chi connectivity index (χ1) is 20.8. The zero-order chi connectivity index (χ0) is 28.1. The lowest BCUT2D eigenvalue weighted by molar-refractivity contribution is 0.851. The van der Waals surface area contributed by atoms with Crippen LogP contribution in [0.4, 0.5) is 0 Å². The van der Waals surface area contributed by atoms with E-state index in [1.54, 1.807) is 0 Å². The van der Waals surface area contributed by atoms with Gasteiger partial charge in [0, 0.05) is 11.8 Å². The number of benzene rings is 6. The van der Waals surface area contributed by atoms with Gasteiger partial charge in [0.25, 0.3) is 0 Å². The van der Waals surface area contributed by atoms with Gasteiger partial charge in [-0.3, -0.25) is 0 Å². The molecule has 0 aliphatic heterocycles. The maximum absolute atomic E-state index is 2.51. The summed E-state index contributed by atoms with van der Waals surface area (Å²) in [7, 11) is 0. The second kappa shape index (κ2) is 12.0. The zero-order valence-electron chi connectivity index (χ0n) is 24.0. The Kier molecular flexibility index (Phi) is 7.53. The Morgan fingerprint density at radius 2 is 0.619 bits per heavy atom. The van der Waals surface area contributed by atoms with Crippen LogP contribution in [-0.4, -0.2) is 0 Å². The molecule has 0 heteroatoms. The van der Waals surface area contributed by atoms with Crippen molar-refractivity contribution in [3.8, 4) is 0 Å². The number of rotatable bonds is 6. The van der Waals surface area contributed by atoms with Crippen LogP contribution < -0.4 is 0 Å². The molecule has 0 aromatic heterocycles. The Bertz CT molecular complexity index is 1540. The molecule has 4 aliphatic carbocycles. The average Bonchev–Trinajstić information content (AvgIpc) is 3.05. The van der Waals surface area contributed by atoms with E-state index in [4.69, 9.17) is 0 Å². The minimum atomic E-state index is 0.224. The molecule has 0 fully saturated rings. The molecular formula is C42H36. The molecule has 0 radical (unpaired) electrons. The number of aryl methyl sites for hydroxylation is 4. The van der Waals surface area contributed by atoms with E-state index in [0.29, 0.717) is 0 Å². The zero-order valence-corrected chi connectivity index (χ0v) is 24.0. The Hall–Kier alpha value is -4.68. The van der Waals surface area contributed by atoms with Gasteiger partial charge >= 0.3 is 0 Å². The predicted molar refractivity (Wildman–Crippen MR) is 175 cm³/mol. The van der Waals surface area contributed by atoms with Crippen LogP contribution >= 0.6 is 0 Å². The first kappa shape index (κ1) is 26.2. The third-order valence-corrected chi connectivity index (χ3v) is 8.94. The molecule has 4 bridgehead atoms. The molecule has 0 amide bonds. The first-order valence-corrected chi connectivity index (χ1v) is 15.3. The van der Waals surface area contributed by atoms with E-state index < -0.39 is 0 Å². The third-order valence-electron chi connectivity index (χ3n) is 8.94. The maximum Gasteiger partial charge on any atom is 0.0342 e. The van der Waals surface area contributed by atoms with Gasteiger partial charge in [-0.25, -0.2) is 0 Å². The van der Waals surface area contributed by atoms with Crippen LogP contribution in [0.2, 0.25) is 0 Å². The van der Waals surface area contributed by atoms with E-state index >= 15 is 0 Å². The number of hydrogen-bond acceptors (Lipinski definition) is 0. The van der Waals surface area contributed by atoms with Crippen LogP contribution in [0.1, 0.15) is 67.5 Å². The van der Waals surface area contributed by atoms with Gasteiger partial charge in [-0.05, 0) is 81.3 Å². The Morgan fingerprint density at radius 1 is 0.310 bits per heavy atom. The summed E-state index contributed by atoms with van der Waals surface area (Å²) in [6.07, 6.45) is 4.08. The molecule has 6 aromatic carbocycles. The average molecular weight is 541 g/mol. The summed E-state index contributed by atoms with van der Waals surface area (Å²) in [5.74, 6) is 0.449. The Morgan fingerprint density at radius 3 is 0.929 bits per heavy atom. The van der Waals surface area contributed by atoms with Crippen LogP contribution in [0, 0.1) is 0 Å². The molecule has 0 atom stereocenters. The highest BCUT2D eigenvalue weighted by molar-refractivity contribution is 5.51. The molecule has 6 aromatic rings. The van der Waals surface area contributed by atoms with Gasteiger partial charge in [-0.15, -0.1) is 0 Å². The van der Waals surface area contributed by atoms with E-state index in [-0.39, 0.29) is 11.8 Å². The lowest BCUT2D eigenvalue weighted by Crippen LogP contribution is -2.12. The molecule has 0 spiro atoms. The second-order valence-electron chi connectivity index (χ2n) is 11.6. The molecule has 10 rings (SSSR count). The SMILES string of the molecule is c1ccc(C(c2ccccc2)c2cc3ccc2CCc2ccc(c(C(c4ccccc4)c4ccccc4)c2)CC3)cc1. The fourth-order valence-corrected chi connectivity index (χ4v) is 6.84. The molecule has 0 N–H and O–H groups in total. The van der Waals surface area contributed by atoms with Crippen molar-refractivity contribution >= 4 is 0 Å². The Balaban J connectivity index is 1.31. The standard InChI is InChI=1S/C42H36/c1-5-13-35(14-6-1)41(36-15-7-2-8-16-36)39-29-31-21-25-33(39)27-23-32-22-26-34(28-24-31)40(30-32)42(37-17-9-3-10-18-37)38-19-11-4-12-20-38/h1-22,25-26,29-30,41-42H,23-24,27-28H2. The monoisotopic (exact) mass is 540 g/mol. The topological polar surface area (TPSA) is 0 Å². The predicted octanol–water partition coefficient (Wildman–Crippen LogP) is 9.93. The van der Waals surface area contributed by atoms with Crippen LogP contribution in [0.25, 0.3) is 0 Å². The molecule has 0 unspecified atom stereocenters. The third kappa shape index (κ3) is 5.46. The molecule has 42 heavy (non-hydrogen) atoms. The van der Waals surface area contributed by atoms with E-state index in [9.17, 15) is 0 Å². The summed E-state index contributed by atoms with van der Waals surface area (Å²) in [6, 6.07) is 58.8. The highest BCUT2D eigenvalue weighted by Crippen LogP contribution is 2.38. The molecule has 4 aliphatic rings. The minimum Gasteiger partial charge on any atom is -0.0622 e. The van der Waals surface area contributed by atoms with E-state index in [2.05, 4.69) is 158 Å². The largest absolute Gasteiger partial charge is 0.0622 e. The fraction of sp³-hybridized carbons (Fsp3) is 0.143. The minimum absolute atomic E-state index is 0.224. The first-order valence-electron chi connectivity index (χ1n) is 15.3. The smallest absolute Gasteiger partial charge is 0.0342 e. The quantitative estimate of drug-likeness (QED) is 0.184. The van der Waals surface area contributed by atoms with E-state index in [1.807, 2.05) is 0 Å². The summed E-state index contributed by atoms with van der Waals surface area (Å²) in [5, 5.41) is 0. The van der Waals surface area contributed by atoms with Crippen LogP contribution in [0.3, 0.4) is 0 Å². The summed E-state index contributed by atoms with van der Waals surface area (Å²) < 4.78 is 0. The number of hydrogen-bond donors (Lipinski definition) is 0. The summed E-state index contributed by atoms with van der Waals surface area (Å²) in [4.78, 5) is 0. The van der Waals surface area contributed by atoms with Crippen LogP contribution in [-0.2, 0) is 25.7 Å². The normalized spacial score (nSPS) is 12.8. The lowest BCUT2D eigenvalue weighted by Gasteiger charge is -2.25. The van der Waals surface area contributed by atoms with Crippen LogP contribution in [0.15, 0.2) is 158 Å². The van der Waals surface area contributed by atoms with Crippen molar-refractivity contribution in [2.24, 2.45) is 0 Å². The molecular weight excluding hydrogens is 504 g/mol. The van der Waals surface area contributed by atoms with E-state index in [0.717, 1.165) is 25.7 Å². The van der Waals surface area contributed by atoms with Crippen molar-refractivity contribution in [1.82, 2.24) is 0 Å². The van der Waals surface area contributed by atoms with Gasteiger partial charge in [0.05, 0.1) is 0 Å². The highest BCUT2D eigenvalue weighted by Gasteiger charge is 2.23. The van der Waals surface area contributed by atoms with Crippen molar-refractivity contribution in [3.63, 3.8) is 0 Å². The molecule has 0 heterocycles. The van der Waals surface area contributed by atoms with Gasteiger partial charge in [0.15, 0.2) is 0 Å². The Labute approximate surface area is 250 Å². The van der Waals surface area contributed by atoms with Gasteiger partial charge in [-0.2, -0.15) is 0 Å². The lowest BCUT2D eigenvalue weighted by atomic mass is 9.78. The molecule has 0 saturated carbocycles. The summed E-state index contributed by atoms with van der Waals surface area (Å²) >= 11 is 0. The molecule has 0 saturated heterocycles. The molecule has 204 valence electrons. The van der Waals surface area contributed by atoms with E-state index in [1.165, 1.54) is 55.6 Å². The summed E-state index contributed by atoms with van der Waals surface area (Å²) in [5.41, 5.74) is 14.0. The summed E-state index contributed by atoms with van der Waals surface area (Å²) in [6.45, 7) is 0. The highest BCUT2D eigenvalue weighted by atomic mass is 14.3. The molecule has 0 nitrogen and oxygen atoms in total.